The quantitative estimate of drug-likeness (QED) is 0.775. The van der Waals surface area contributed by atoms with E-state index >= 15 is 0 Å². The third-order valence-electron chi connectivity index (χ3n) is 3.25. The predicted molar refractivity (Wildman–Crippen MR) is 91.5 cm³/mol. The van der Waals surface area contributed by atoms with Crippen molar-refractivity contribution in [3.8, 4) is 0 Å². The molecule has 0 spiro atoms. The van der Waals surface area contributed by atoms with Crippen molar-refractivity contribution in [3.05, 3.63) is 64.4 Å². The number of nitrogens with one attached hydrogen (secondary N) is 3. The smallest absolute Gasteiger partial charge is 0.315 e. The van der Waals surface area contributed by atoms with Gasteiger partial charge < -0.3 is 16.0 Å². The molecule has 0 saturated carbocycles. The first-order chi connectivity index (χ1) is 11.4. The summed E-state index contributed by atoms with van der Waals surface area (Å²) in [5.41, 5.74) is 2.22. The Hall–Kier alpha value is -2.60. The van der Waals surface area contributed by atoms with Crippen molar-refractivity contribution in [2.45, 2.75) is 13.5 Å². The third kappa shape index (κ3) is 5.55. The van der Waals surface area contributed by atoms with Crippen molar-refractivity contribution in [2.75, 3.05) is 11.9 Å². The third-order valence-corrected chi connectivity index (χ3v) is 3.48. The molecule has 7 heteroatoms. The molecule has 0 aromatic heterocycles. The fraction of sp³-hybridized carbons (Fsp3) is 0.176. The molecule has 24 heavy (non-hydrogen) atoms. The van der Waals surface area contributed by atoms with Gasteiger partial charge >= 0.3 is 6.03 Å². The zero-order chi connectivity index (χ0) is 17.5. The maximum Gasteiger partial charge on any atom is 0.315 e. The van der Waals surface area contributed by atoms with Crippen molar-refractivity contribution < 1.29 is 14.0 Å². The van der Waals surface area contributed by atoms with Crippen LogP contribution in [0.3, 0.4) is 0 Å². The van der Waals surface area contributed by atoms with Crippen LogP contribution in [-0.4, -0.2) is 18.5 Å². The van der Waals surface area contributed by atoms with Gasteiger partial charge in [-0.1, -0.05) is 29.8 Å². The molecule has 2 aromatic rings. The van der Waals surface area contributed by atoms with Gasteiger partial charge in [-0.25, -0.2) is 9.18 Å². The summed E-state index contributed by atoms with van der Waals surface area (Å²) in [5, 5.41) is 8.23. The Kier molecular flexibility index (Phi) is 6.14. The standard InChI is InChI=1S/C17H17ClFN3O2/c1-11-2-5-13(18)8-15(11)22-16(23)10-21-17(24)20-9-12-3-6-14(19)7-4-12/h2-8H,9-10H2,1H3,(H,22,23)(H2,20,21,24). The van der Waals surface area contributed by atoms with Crippen molar-refractivity contribution in [2.24, 2.45) is 0 Å². The van der Waals surface area contributed by atoms with E-state index < -0.39 is 6.03 Å². The van der Waals surface area contributed by atoms with E-state index in [1.165, 1.54) is 12.1 Å². The van der Waals surface area contributed by atoms with Crippen LogP contribution in [0.25, 0.3) is 0 Å². The average Bonchev–Trinajstić information content (AvgIpc) is 2.56. The maximum absolute atomic E-state index is 12.8. The molecular weight excluding hydrogens is 333 g/mol. The van der Waals surface area contributed by atoms with Gasteiger partial charge in [0.05, 0.1) is 6.54 Å². The Bertz CT molecular complexity index is 735. The summed E-state index contributed by atoms with van der Waals surface area (Å²) >= 11 is 5.88. The first-order valence-electron chi connectivity index (χ1n) is 7.26. The molecule has 0 unspecified atom stereocenters. The summed E-state index contributed by atoms with van der Waals surface area (Å²) in [6.45, 7) is 1.90. The zero-order valence-corrected chi connectivity index (χ0v) is 13.8. The lowest BCUT2D eigenvalue weighted by Gasteiger charge is -2.10. The number of halogens is 2. The van der Waals surface area contributed by atoms with Crippen LogP contribution in [0, 0.1) is 12.7 Å². The Labute approximate surface area is 144 Å². The van der Waals surface area contributed by atoms with Crippen LogP contribution in [0.2, 0.25) is 5.02 Å². The second-order valence-electron chi connectivity index (χ2n) is 5.17. The summed E-state index contributed by atoms with van der Waals surface area (Å²) in [7, 11) is 0. The van der Waals surface area contributed by atoms with Gasteiger partial charge in [0.25, 0.3) is 0 Å². The number of hydrogen-bond acceptors (Lipinski definition) is 2. The van der Waals surface area contributed by atoms with Crippen LogP contribution in [0.4, 0.5) is 14.9 Å². The number of anilines is 1. The molecule has 126 valence electrons. The van der Waals surface area contributed by atoms with Gasteiger partial charge in [0.1, 0.15) is 5.82 Å². The predicted octanol–water partition coefficient (Wildman–Crippen LogP) is 3.23. The SMILES string of the molecule is Cc1ccc(Cl)cc1NC(=O)CNC(=O)NCc1ccc(F)cc1. The topological polar surface area (TPSA) is 70.2 Å². The Morgan fingerprint density at radius 2 is 1.79 bits per heavy atom. The van der Waals surface area contributed by atoms with Crippen LogP contribution in [-0.2, 0) is 11.3 Å². The summed E-state index contributed by atoms with van der Waals surface area (Å²) in [5.74, 6) is -0.700. The van der Waals surface area contributed by atoms with Gasteiger partial charge in [-0.2, -0.15) is 0 Å². The molecule has 0 heterocycles. The second kappa shape index (κ2) is 8.31. The summed E-state index contributed by atoms with van der Waals surface area (Å²) in [4.78, 5) is 23.5. The highest BCUT2D eigenvalue weighted by Gasteiger charge is 2.07. The van der Waals surface area contributed by atoms with Gasteiger partial charge in [-0.15, -0.1) is 0 Å². The molecule has 5 nitrogen and oxygen atoms in total. The molecule has 0 aliphatic heterocycles. The number of hydrogen-bond donors (Lipinski definition) is 3. The van der Waals surface area contributed by atoms with Gasteiger partial charge in [-0.3, -0.25) is 4.79 Å². The summed E-state index contributed by atoms with van der Waals surface area (Å²) in [6.07, 6.45) is 0. The number of amides is 3. The van der Waals surface area contributed by atoms with Crippen LogP contribution < -0.4 is 16.0 Å². The number of rotatable bonds is 5. The van der Waals surface area contributed by atoms with Gasteiger partial charge in [0, 0.05) is 17.3 Å². The molecule has 2 aromatic carbocycles. The number of urea groups is 1. The van der Waals surface area contributed by atoms with E-state index in [0.717, 1.165) is 11.1 Å². The van der Waals surface area contributed by atoms with Gasteiger partial charge in [0.15, 0.2) is 0 Å². The van der Waals surface area contributed by atoms with E-state index in [1.807, 2.05) is 6.92 Å². The summed E-state index contributed by atoms with van der Waals surface area (Å²) in [6, 6.07) is 10.5. The van der Waals surface area contributed by atoms with E-state index in [0.29, 0.717) is 10.7 Å². The largest absolute Gasteiger partial charge is 0.334 e. The molecule has 0 saturated heterocycles. The maximum atomic E-state index is 12.8. The number of carbonyl (C=O) groups excluding carboxylic acids is 2. The highest BCUT2D eigenvalue weighted by atomic mass is 35.5. The minimum absolute atomic E-state index is 0.179. The van der Waals surface area contributed by atoms with Crippen molar-refractivity contribution in [1.29, 1.82) is 0 Å². The second-order valence-corrected chi connectivity index (χ2v) is 5.61. The number of aryl methyl sites for hydroxylation is 1. The lowest BCUT2D eigenvalue weighted by Crippen LogP contribution is -2.39. The van der Waals surface area contributed by atoms with Crippen molar-refractivity contribution in [3.63, 3.8) is 0 Å². The van der Waals surface area contributed by atoms with E-state index in [4.69, 9.17) is 11.6 Å². The van der Waals surface area contributed by atoms with Crippen LogP contribution in [0.1, 0.15) is 11.1 Å². The first-order valence-corrected chi connectivity index (χ1v) is 7.64. The van der Waals surface area contributed by atoms with E-state index in [2.05, 4.69) is 16.0 Å². The van der Waals surface area contributed by atoms with Gasteiger partial charge in [0.2, 0.25) is 5.91 Å². The minimum Gasteiger partial charge on any atom is -0.334 e. The molecule has 0 radical (unpaired) electrons. The average molecular weight is 350 g/mol. The van der Waals surface area contributed by atoms with Crippen molar-refractivity contribution in [1.82, 2.24) is 10.6 Å². The lowest BCUT2D eigenvalue weighted by atomic mass is 10.2. The highest BCUT2D eigenvalue weighted by molar-refractivity contribution is 6.31. The molecule has 2 rings (SSSR count). The zero-order valence-electron chi connectivity index (χ0n) is 13.0. The molecule has 0 atom stereocenters. The highest BCUT2D eigenvalue weighted by Crippen LogP contribution is 2.19. The Morgan fingerprint density at radius 1 is 1.08 bits per heavy atom. The molecule has 0 aliphatic rings. The monoisotopic (exact) mass is 349 g/mol. The summed E-state index contributed by atoms with van der Waals surface area (Å²) < 4.78 is 12.8. The van der Waals surface area contributed by atoms with Crippen LogP contribution in [0.5, 0.6) is 0 Å². The Morgan fingerprint density at radius 3 is 2.50 bits per heavy atom. The fourth-order valence-corrected chi connectivity index (χ4v) is 2.10. The van der Waals surface area contributed by atoms with Gasteiger partial charge in [-0.05, 0) is 42.3 Å². The lowest BCUT2D eigenvalue weighted by molar-refractivity contribution is -0.115. The normalized spacial score (nSPS) is 10.1. The molecule has 0 bridgehead atoms. The van der Waals surface area contributed by atoms with E-state index in [-0.39, 0.29) is 24.8 Å². The first kappa shape index (κ1) is 17.7. The van der Waals surface area contributed by atoms with Crippen LogP contribution >= 0.6 is 11.6 Å². The van der Waals surface area contributed by atoms with E-state index in [1.54, 1.807) is 30.3 Å². The van der Waals surface area contributed by atoms with E-state index in [9.17, 15) is 14.0 Å². The molecule has 3 N–H and O–H groups in total. The Balaban J connectivity index is 1.75. The molecule has 0 aliphatic carbocycles. The minimum atomic E-state index is -0.489. The van der Waals surface area contributed by atoms with Crippen molar-refractivity contribution >= 4 is 29.2 Å². The number of carbonyl (C=O) groups is 2. The van der Waals surface area contributed by atoms with Crippen LogP contribution in [0.15, 0.2) is 42.5 Å². The molecular formula is C17H17ClFN3O2. The molecule has 3 amide bonds. The fourth-order valence-electron chi connectivity index (χ4n) is 1.93. The molecule has 0 fully saturated rings. The number of benzene rings is 2.